The third-order valence-electron chi connectivity index (χ3n) is 4.13. The Morgan fingerprint density at radius 3 is 2.18 bits per heavy atom. The number of likely N-dealkylation sites (tertiary alicyclic amines) is 1. The molecule has 1 unspecified atom stereocenters. The lowest BCUT2D eigenvalue weighted by atomic mass is 10.1. The van der Waals surface area contributed by atoms with Crippen LogP contribution in [-0.4, -0.2) is 39.3 Å². The molecule has 0 aromatic heterocycles. The molecule has 1 saturated heterocycles. The molecule has 0 amide bonds. The van der Waals surface area contributed by atoms with Gasteiger partial charge in [0.25, 0.3) is 0 Å². The van der Waals surface area contributed by atoms with Gasteiger partial charge in [0.2, 0.25) is 0 Å². The van der Waals surface area contributed by atoms with Crippen molar-refractivity contribution in [2.75, 3.05) is 18.8 Å². The van der Waals surface area contributed by atoms with Crippen molar-refractivity contribution in [1.82, 2.24) is 4.90 Å². The predicted molar refractivity (Wildman–Crippen MR) is 107 cm³/mol. The van der Waals surface area contributed by atoms with Crippen LogP contribution in [0.25, 0.3) is 0 Å². The number of aliphatic hydroxyl groups excluding tert-OH is 1. The van der Waals surface area contributed by atoms with E-state index in [4.69, 9.17) is 12.2 Å². The van der Waals surface area contributed by atoms with Crippen LogP contribution in [0.3, 0.4) is 0 Å². The monoisotopic (exact) mass is 363 g/mol. The Kier molecular flexibility index (Phi) is 13.1. The van der Waals surface area contributed by atoms with Gasteiger partial charge >= 0.3 is 0 Å². The number of rotatable bonds is 12. The first-order chi connectivity index (χ1) is 10.7. The van der Waals surface area contributed by atoms with Crippen LogP contribution in [0.4, 0.5) is 0 Å². The molecule has 0 spiro atoms. The summed E-state index contributed by atoms with van der Waals surface area (Å²) in [6, 6.07) is 0. The topological polar surface area (TPSA) is 23.5 Å². The van der Waals surface area contributed by atoms with Gasteiger partial charge in [-0.1, -0.05) is 87.7 Å². The van der Waals surface area contributed by atoms with E-state index < -0.39 is 0 Å². The van der Waals surface area contributed by atoms with Crippen molar-refractivity contribution in [3.05, 3.63) is 0 Å². The fourth-order valence-corrected chi connectivity index (χ4v) is 5.30. The van der Waals surface area contributed by atoms with E-state index in [0.717, 1.165) is 23.8 Å². The molecular formula is C17H33NOS3. The highest BCUT2D eigenvalue weighted by atomic mass is 33.1. The molecule has 5 heteroatoms. The lowest BCUT2D eigenvalue weighted by Gasteiger charge is -2.17. The maximum Gasteiger partial charge on any atom is 0.147 e. The Morgan fingerprint density at radius 2 is 1.64 bits per heavy atom. The van der Waals surface area contributed by atoms with Crippen LogP contribution in [0.2, 0.25) is 0 Å². The summed E-state index contributed by atoms with van der Waals surface area (Å²) in [4.78, 5) is 2.14. The van der Waals surface area contributed by atoms with E-state index in [1.165, 1.54) is 70.0 Å². The average molecular weight is 364 g/mol. The largest absolute Gasteiger partial charge is 0.391 e. The normalized spacial score (nSPS) is 18.1. The molecule has 1 rings (SSSR count). The summed E-state index contributed by atoms with van der Waals surface area (Å²) in [5.74, 6) is 1.19. The lowest BCUT2D eigenvalue weighted by Crippen LogP contribution is -2.25. The minimum atomic E-state index is -0.175. The molecule has 1 aliphatic heterocycles. The van der Waals surface area contributed by atoms with Gasteiger partial charge in [-0.2, -0.15) is 0 Å². The van der Waals surface area contributed by atoms with Crippen LogP contribution in [0, 0.1) is 0 Å². The summed E-state index contributed by atoms with van der Waals surface area (Å²) in [6.07, 6.45) is 14.6. The summed E-state index contributed by atoms with van der Waals surface area (Å²) in [6.45, 7) is 3.92. The Labute approximate surface area is 150 Å². The fraction of sp³-hybridized carbons (Fsp3) is 0.941. The van der Waals surface area contributed by atoms with E-state index in [0.29, 0.717) is 0 Å². The standard InChI is InChI=1S/C17H33NOS3/c1-2-3-4-5-6-7-8-9-10-11-14-21-22-17(20)18-13-12-16(19)15-18/h16,19H,2-15H2,1H3. The SMILES string of the molecule is CCCCCCCCCCCCSSC(=S)N1CCC(O)C1. The molecule has 22 heavy (non-hydrogen) atoms. The van der Waals surface area contributed by atoms with Crippen LogP contribution in [0.5, 0.6) is 0 Å². The molecule has 1 heterocycles. The van der Waals surface area contributed by atoms with Crippen molar-refractivity contribution in [3.8, 4) is 0 Å². The van der Waals surface area contributed by atoms with Crippen molar-refractivity contribution in [3.63, 3.8) is 0 Å². The molecule has 0 aromatic rings. The van der Waals surface area contributed by atoms with Gasteiger partial charge in [0.15, 0.2) is 0 Å². The van der Waals surface area contributed by atoms with E-state index in [-0.39, 0.29) is 6.10 Å². The Morgan fingerprint density at radius 1 is 1.05 bits per heavy atom. The van der Waals surface area contributed by atoms with Crippen LogP contribution in [0.1, 0.15) is 77.6 Å². The Balaban J connectivity index is 1.79. The number of β-amino-alcohol motifs (C(OH)–C–C–N with tert-alkyl or cyclic N) is 1. The van der Waals surface area contributed by atoms with E-state index >= 15 is 0 Å². The smallest absolute Gasteiger partial charge is 0.147 e. The van der Waals surface area contributed by atoms with Crippen molar-refractivity contribution < 1.29 is 5.11 Å². The molecular weight excluding hydrogens is 330 g/mol. The van der Waals surface area contributed by atoms with E-state index in [9.17, 15) is 5.11 Å². The van der Waals surface area contributed by atoms with Gasteiger partial charge in [0, 0.05) is 18.8 Å². The van der Waals surface area contributed by atoms with Gasteiger partial charge in [-0.15, -0.1) is 0 Å². The van der Waals surface area contributed by atoms with Gasteiger partial charge in [-0.3, -0.25) is 0 Å². The molecule has 1 N–H and O–H groups in total. The van der Waals surface area contributed by atoms with Crippen molar-refractivity contribution >= 4 is 38.1 Å². The zero-order valence-electron chi connectivity index (χ0n) is 14.1. The third kappa shape index (κ3) is 10.3. The second kappa shape index (κ2) is 13.9. The summed E-state index contributed by atoms with van der Waals surface area (Å²) in [7, 11) is 3.60. The number of nitrogens with zero attached hydrogens (tertiary/aromatic N) is 1. The van der Waals surface area contributed by atoms with Crippen LogP contribution in [-0.2, 0) is 0 Å². The molecule has 1 aliphatic rings. The number of hydrogen-bond acceptors (Lipinski definition) is 4. The number of aliphatic hydroxyl groups is 1. The van der Waals surface area contributed by atoms with Crippen molar-refractivity contribution in [2.45, 2.75) is 83.7 Å². The van der Waals surface area contributed by atoms with Gasteiger partial charge < -0.3 is 10.0 Å². The van der Waals surface area contributed by atoms with Gasteiger partial charge in [0.05, 0.1) is 6.10 Å². The summed E-state index contributed by atoms with van der Waals surface area (Å²) >= 11 is 5.40. The Bertz CT molecular complexity index is 289. The number of hydrogen-bond donors (Lipinski definition) is 1. The zero-order valence-corrected chi connectivity index (χ0v) is 16.5. The van der Waals surface area contributed by atoms with E-state index in [2.05, 4.69) is 11.8 Å². The Hall–Kier alpha value is 0.550. The molecule has 0 aliphatic carbocycles. The molecule has 130 valence electrons. The summed E-state index contributed by atoms with van der Waals surface area (Å²) in [5.41, 5.74) is 0. The minimum Gasteiger partial charge on any atom is -0.391 e. The molecule has 0 radical (unpaired) electrons. The second-order valence-corrected chi connectivity index (χ2v) is 9.29. The average Bonchev–Trinajstić information content (AvgIpc) is 2.95. The molecule has 2 nitrogen and oxygen atoms in total. The highest BCUT2D eigenvalue weighted by molar-refractivity contribution is 8.83. The van der Waals surface area contributed by atoms with Crippen molar-refractivity contribution in [1.29, 1.82) is 0 Å². The highest BCUT2D eigenvalue weighted by Gasteiger charge is 2.22. The van der Waals surface area contributed by atoms with Gasteiger partial charge in [0.1, 0.15) is 4.32 Å². The molecule has 0 bridgehead atoms. The molecule has 0 aromatic carbocycles. The summed E-state index contributed by atoms with van der Waals surface area (Å²) < 4.78 is 0.952. The van der Waals surface area contributed by atoms with Crippen LogP contribution >= 0.6 is 33.8 Å². The maximum absolute atomic E-state index is 9.50. The lowest BCUT2D eigenvalue weighted by molar-refractivity contribution is 0.189. The first-order valence-corrected chi connectivity index (χ1v) is 11.7. The summed E-state index contributed by atoms with van der Waals surface area (Å²) in [5, 5.41) is 9.50. The van der Waals surface area contributed by atoms with E-state index in [1.807, 2.05) is 10.8 Å². The fourth-order valence-electron chi connectivity index (χ4n) is 2.70. The second-order valence-electron chi connectivity index (χ2n) is 6.24. The van der Waals surface area contributed by atoms with E-state index in [1.54, 1.807) is 10.8 Å². The quantitative estimate of drug-likeness (QED) is 0.275. The third-order valence-corrected chi connectivity index (χ3v) is 7.26. The first-order valence-electron chi connectivity index (χ1n) is 9.00. The number of unbranched alkanes of at least 4 members (excludes halogenated alkanes) is 9. The van der Waals surface area contributed by atoms with Gasteiger partial charge in [-0.25, -0.2) is 0 Å². The number of thiocarbonyl (C=S) groups is 1. The zero-order chi connectivity index (χ0) is 16.0. The molecule has 1 atom stereocenters. The van der Waals surface area contributed by atoms with Gasteiger partial charge in [-0.05, 0) is 23.6 Å². The first kappa shape index (κ1) is 20.6. The highest BCUT2D eigenvalue weighted by Crippen LogP contribution is 2.28. The van der Waals surface area contributed by atoms with Crippen molar-refractivity contribution in [2.24, 2.45) is 0 Å². The predicted octanol–water partition coefficient (Wildman–Crippen LogP) is 5.64. The minimum absolute atomic E-state index is 0.175. The molecule has 0 saturated carbocycles. The maximum atomic E-state index is 9.50. The molecule has 1 fully saturated rings. The van der Waals surface area contributed by atoms with Crippen LogP contribution in [0.15, 0.2) is 0 Å². The van der Waals surface area contributed by atoms with Crippen LogP contribution < -0.4 is 0 Å².